The van der Waals surface area contributed by atoms with Crippen molar-refractivity contribution in [1.29, 1.82) is 0 Å². The predicted molar refractivity (Wildman–Crippen MR) is 66.0 cm³/mol. The highest BCUT2D eigenvalue weighted by molar-refractivity contribution is 5.93. The highest BCUT2D eigenvalue weighted by Gasteiger charge is 2.25. The largest absolute Gasteiger partial charge is 0.475 e. The van der Waals surface area contributed by atoms with Gasteiger partial charge in [0, 0.05) is 0 Å². The van der Waals surface area contributed by atoms with Crippen LogP contribution in [0.4, 0.5) is 0 Å². The van der Waals surface area contributed by atoms with E-state index in [9.17, 15) is 14.7 Å². The third-order valence-corrected chi connectivity index (χ3v) is 3.34. The van der Waals surface area contributed by atoms with Gasteiger partial charge in [0.1, 0.15) is 0 Å². The summed E-state index contributed by atoms with van der Waals surface area (Å²) in [6.45, 7) is 0. The van der Waals surface area contributed by atoms with Crippen molar-refractivity contribution < 1.29 is 24.2 Å². The van der Waals surface area contributed by atoms with E-state index in [4.69, 9.17) is 9.52 Å². The Hall–Kier alpha value is -1.82. The van der Waals surface area contributed by atoms with Gasteiger partial charge in [-0.2, -0.15) is 0 Å². The number of carbonyl (C=O) groups is 2. The maximum absolute atomic E-state index is 11.9. The number of aliphatic hydroxyl groups is 1. The third kappa shape index (κ3) is 3.35. The van der Waals surface area contributed by atoms with E-state index in [1.54, 1.807) is 0 Å². The normalized spacial score (nSPS) is 23.6. The molecular formula is C13H17NO5. The van der Waals surface area contributed by atoms with Crippen molar-refractivity contribution in [2.24, 2.45) is 0 Å². The molecular weight excluding hydrogens is 250 g/mol. The molecule has 104 valence electrons. The van der Waals surface area contributed by atoms with Crippen molar-refractivity contribution in [3.05, 3.63) is 23.7 Å². The smallest absolute Gasteiger partial charge is 0.371 e. The van der Waals surface area contributed by atoms with Crippen molar-refractivity contribution in [1.82, 2.24) is 5.32 Å². The minimum Gasteiger partial charge on any atom is -0.475 e. The van der Waals surface area contributed by atoms with Gasteiger partial charge in [-0.05, 0) is 25.0 Å². The summed E-state index contributed by atoms with van der Waals surface area (Å²) in [6.07, 6.45) is 3.80. The Kier molecular flexibility index (Phi) is 4.21. The lowest BCUT2D eigenvalue weighted by Gasteiger charge is -2.21. The molecule has 2 atom stereocenters. The minimum absolute atomic E-state index is 0.0474. The van der Waals surface area contributed by atoms with E-state index < -0.39 is 18.0 Å². The van der Waals surface area contributed by atoms with Gasteiger partial charge in [-0.3, -0.25) is 4.79 Å². The fourth-order valence-electron chi connectivity index (χ4n) is 2.27. The van der Waals surface area contributed by atoms with Crippen molar-refractivity contribution >= 4 is 11.9 Å². The SMILES string of the molecule is O=C(O)c1ccc(C(=O)NC2CCCCCC2O)o1. The molecule has 1 amide bonds. The zero-order valence-electron chi connectivity index (χ0n) is 10.5. The highest BCUT2D eigenvalue weighted by atomic mass is 16.4. The van der Waals surface area contributed by atoms with Crippen LogP contribution < -0.4 is 5.32 Å². The summed E-state index contributed by atoms with van der Waals surface area (Å²) >= 11 is 0. The number of aliphatic hydroxyl groups excluding tert-OH is 1. The molecule has 3 N–H and O–H groups in total. The Bertz CT molecular complexity index is 467. The Morgan fingerprint density at radius 1 is 1.16 bits per heavy atom. The molecule has 1 fully saturated rings. The predicted octanol–water partition coefficient (Wildman–Crippen LogP) is 1.40. The summed E-state index contributed by atoms with van der Waals surface area (Å²) in [5.41, 5.74) is 0. The van der Waals surface area contributed by atoms with Gasteiger partial charge in [0.2, 0.25) is 5.76 Å². The number of carbonyl (C=O) groups excluding carboxylic acids is 1. The maximum Gasteiger partial charge on any atom is 0.371 e. The fourth-order valence-corrected chi connectivity index (χ4v) is 2.27. The zero-order valence-corrected chi connectivity index (χ0v) is 10.5. The molecule has 0 spiro atoms. The molecule has 2 unspecified atom stereocenters. The summed E-state index contributed by atoms with van der Waals surface area (Å²) in [5.74, 6) is -2.02. The van der Waals surface area contributed by atoms with E-state index in [2.05, 4.69) is 5.32 Å². The van der Waals surface area contributed by atoms with Crippen LogP contribution in [0.5, 0.6) is 0 Å². The first kappa shape index (κ1) is 13.6. The quantitative estimate of drug-likeness (QED) is 0.719. The molecule has 0 bridgehead atoms. The van der Waals surface area contributed by atoms with Gasteiger partial charge in [-0.25, -0.2) is 4.79 Å². The fraction of sp³-hybridized carbons (Fsp3) is 0.538. The average molecular weight is 267 g/mol. The molecule has 2 rings (SSSR count). The summed E-state index contributed by atoms with van der Waals surface area (Å²) in [5, 5.41) is 21.3. The van der Waals surface area contributed by atoms with E-state index in [1.165, 1.54) is 12.1 Å². The van der Waals surface area contributed by atoms with E-state index in [0.717, 1.165) is 25.7 Å². The van der Waals surface area contributed by atoms with Gasteiger partial charge in [0.05, 0.1) is 12.1 Å². The molecule has 0 radical (unpaired) electrons. The second kappa shape index (κ2) is 5.88. The highest BCUT2D eigenvalue weighted by Crippen LogP contribution is 2.18. The number of hydrogen-bond acceptors (Lipinski definition) is 4. The van der Waals surface area contributed by atoms with Crippen molar-refractivity contribution in [2.75, 3.05) is 0 Å². The van der Waals surface area contributed by atoms with E-state index in [-0.39, 0.29) is 17.6 Å². The first-order valence-corrected chi connectivity index (χ1v) is 6.40. The molecule has 1 aliphatic rings. The van der Waals surface area contributed by atoms with Crippen LogP contribution in [0.15, 0.2) is 16.5 Å². The molecule has 19 heavy (non-hydrogen) atoms. The number of carboxylic acid groups (broad SMARTS) is 1. The molecule has 1 aromatic rings. The number of rotatable bonds is 3. The second-order valence-corrected chi connectivity index (χ2v) is 4.75. The molecule has 0 aliphatic heterocycles. The van der Waals surface area contributed by atoms with Crippen LogP contribution in [-0.4, -0.2) is 34.2 Å². The average Bonchev–Trinajstić information content (AvgIpc) is 2.78. The van der Waals surface area contributed by atoms with E-state index in [1.807, 2.05) is 0 Å². The van der Waals surface area contributed by atoms with Crippen molar-refractivity contribution in [2.45, 2.75) is 44.2 Å². The van der Waals surface area contributed by atoms with E-state index in [0.29, 0.717) is 6.42 Å². The van der Waals surface area contributed by atoms with Crippen LogP contribution in [0.3, 0.4) is 0 Å². The molecule has 6 nitrogen and oxygen atoms in total. The van der Waals surface area contributed by atoms with Crippen LogP contribution in [-0.2, 0) is 0 Å². The Morgan fingerprint density at radius 2 is 1.84 bits per heavy atom. The molecule has 1 aromatic heterocycles. The van der Waals surface area contributed by atoms with Gasteiger partial charge in [0.15, 0.2) is 5.76 Å². The van der Waals surface area contributed by atoms with Gasteiger partial charge in [-0.15, -0.1) is 0 Å². The lowest BCUT2D eigenvalue weighted by molar-refractivity contribution is 0.0656. The third-order valence-electron chi connectivity index (χ3n) is 3.34. The summed E-state index contributed by atoms with van der Waals surface area (Å²) < 4.78 is 4.92. The van der Waals surface area contributed by atoms with Crippen molar-refractivity contribution in [3.63, 3.8) is 0 Å². The van der Waals surface area contributed by atoms with Crippen LogP contribution in [0.2, 0.25) is 0 Å². The van der Waals surface area contributed by atoms with Crippen LogP contribution in [0.1, 0.15) is 53.2 Å². The van der Waals surface area contributed by atoms with Crippen molar-refractivity contribution in [3.8, 4) is 0 Å². The first-order valence-electron chi connectivity index (χ1n) is 6.40. The second-order valence-electron chi connectivity index (χ2n) is 4.75. The lowest BCUT2D eigenvalue weighted by atomic mass is 10.1. The lowest BCUT2D eigenvalue weighted by Crippen LogP contribution is -2.42. The molecule has 6 heteroatoms. The van der Waals surface area contributed by atoms with Crippen LogP contribution in [0, 0.1) is 0 Å². The van der Waals surface area contributed by atoms with Gasteiger partial charge < -0.3 is 19.9 Å². The van der Waals surface area contributed by atoms with E-state index >= 15 is 0 Å². The molecule has 1 aliphatic carbocycles. The Balaban J connectivity index is 2.00. The molecule has 0 aromatic carbocycles. The maximum atomic E-state index is 11.9. The molecule has 1 heterocycles. The zero-order chi connectivity index (χ0) is 13.8. The Labute approximate surface area is 110 Å². The number of furan rings is 1. The number of aromatic carboxylic acids is 1. The first-order chi connectivity index (χ1) is 9.08. The van der Waals surface area contributed by atoms with Gasteiger partial charge in [0.25, 0.3) is 5.91 Å². The minimum atomic E-state index is -1.21. The van der Waals surface area contributed by atoms with Crippen LogP contribution in [0.25, 0.3) is 0 Å². The van der Waals surface area contributed by atoms with Crippen LogP contribution >= 0.6 is 0 Å². The Morgan fingerprint density at radius 3 is 2.53 bits per heavy atom. The number of carboxylic acids is 1. The topological polar surface area (TPSA) is 99.8 Å². The van der Waals surface area contributed by atoms with Gasteiger partial charge >= 0.3 is 5.97 Å². The molecule has 1 saturated carbocycles. The van der Waals surface area contributed by atoms with Gasteiger partial charge in [-0.1, -0.05) is 19.3 Å². The summed E-state index contributed by atoms with van der Waals surface area (Å²) in [7, 11) is 0. The number of nitrogens with one attached hydrogen (secondary N) is 1. The number of hydrogen-bond donors (Lipinski definition) is 3. The standard InChI is InChI=1S/C13H17NO5/c15-9-5-3-1-2-4-8(9)14-12(16)10-6-7-11(19-10)13(17)18/h6-9,15H,1-5H2,(H,14,16)(H,17,18). The summed E-state index contributed by atoms with van der Waals surface area (Å²) in [6, 6.07) is 2.26. The number of amides is 1. The monoisotopic (exact) mass is 267 g/mol. The summed E-state index contributed by atoms with van der Waals surface area (Å²) in [4.78, 5) is 22.6. The molecule has 0 saturated heterocycles.